The summed E-state index contributed by atoms with van der Waals surface area (Å²) in [7, 11) is -1.70. The number of likely N-dealkylation sites (N-methyl/N-ethyl adjacent to an activating group) is 1. The van der Waals surface area contributed by atoms with E-state index in [-0.39, 0.29) is 17.5 Å². The second-order valence-electron chi connectivity index (χ2n) is 4.61. The molecular formula is C12H18N2O4S. The predicted molar refractivity (Wildman–Crippen MR) is 72.1 cm³/mol. The first-order valence-electron chi connectivity index (χ1n) is 6.05. The molecule has 0 aromatic heterocycles. The maximum absolute atomic E-state index is 12.1. The summed E-state index contributed by atoms with van der Waals surface area (Å²) in [5.74, 6) is 0.346. The Morgan fingerprint density at radius 2 is 2.26 bits per heavy atom. The lowest BCUT2D eigenvalue weighted by atomic mass is 10.2. The zero-order chi connectivity index (χ0) is 14.0. The van der Waals surface area contributed by atoms with Crippen molar-refractivity contribution in [2.45, 2.75) is 17.9 Å². The Balaban J connectivity index is 2.40. The molecule has 0 amide bonds. The second-order valence-corrected chi connectivity index (χ2v) is 6.29. The SMILES string of the molecule is C[C@H]1COc2cc(N(C)CCO)ccc2S(=O)(=O)N1. The minimum atomic E-state index is -3.53. The molecule has 1 atom stereocenters. The largest absolute Gasteiger partial charge is 0.490 e. The minimum Gasteiger partial charge on any atom is -0.490 e. The van der Waals surface area contributed by atoms with Crippen LogP contribution < -0.4 is 14.4 Å². The lowest BCUT2D eigenvalue weighted by Crippen LogP contribution is -2.33. The van der Waals surface area contributed by atoms with Gasteiger partial charge in [0, 0.05) is 25.3 Å². The molecule has 1 heterocycles. The number of fused-ring (bicyclic) bond motifs is 1. The van der Waals surface area contributed by atoms with Gasteiger partial charge in [0.05, 0.1) is 12.6 Å². The van der Waals surface area contributed by atoms with Crippen LogP contribution in [0.5, 0.6) is 5.75 Å². The highest BCUT2D eigenvalue weighted by Crippen LogP contribution is 2.30. The highest BCUT2D eigenvalue weighted by atomic mass is 32.2. The van der Waals surface area contributed by atoms with E-state index in [4.69, 9.17) is 9.84 Å². The number of hydrogen-bond donors (Lipinski definition) is 2. The van der Waals surface area contributed by atoms with Crippen LogP contribution in [0.3, 0.4) is 0 Å². The topological polar surface area (TPSA) is 78.9 Å². The predicted octanol–water partition coefficient (Wildman–Crippen LogP) is 0.174. The van der Waals surface area contributed by atoms with E-state index in [0.717, 1.165) is 5.69 Å². The molecule has 1 aromatic rings. The summed E-state index contributed by atoms with van der Waals surface area (Å²) in [6.07, 6.45) is 0. The van der Waals surface area contributed by atoms with Gasteiger partial charge in [-0.25, -0.2) is 13.1 Å². The third-order valence-corrected chi connectivity index (χ3v) is 4.57. The molecule has 1 aliphatic heterocycles. The molecule has 0 bridgehead atoms. The normalized spacial score (nSPS) is 21.1. The van der Waals surface area contributed by atoms with E-state index in [1.54, 1.807) is 19.1 Å². The molecular weight excluding hydrogens is 268 g/mol. The molecule has 0 saturated carbocycles. The molecule has 0 fully saturated rings. The first kappa shape index (κ1) is 14.1. The van der Waals surface area contributed by atoms with Crippen molar-refractivity contribution in [2.24, 2.45) is 0 Å². The van der Waals surface area contributed by atoms with Crippen LogP contribution in [-0.4, -0.2) is 46.4 Å². The monoisotopic (exact) mass is 286 g/mol. The molecule has 1 aromatic carbocycles. The molecule has 6 nitrogen and oxygen atoms in total. The van der Waals surface area contributed by atoms with Crippen molar-refractivity contribution >= 4 is 15.7 Å². The lowest BCUT2D eigenvalue weighted by Gasteiger charge is -2.19. The smallest absolute Gasteiger partial charge is 0.244 e. The van der Waals surface area contributed by atoms with Gasteiger partial charge < -0.3 is 14.7 Å². The molecule has 19 heavy (non-hydrogen) atoms. The molecule has 2 N–H and O–H groups in total. The summed E-state index contributed by atoms with van der Waals surface area (Å²) < 4.78 is 32.2. The van der Waals surface area contributed by atoms with Crippen LogP contribution in [-0.2, 0) is 10.0 Å². The quantitative estimate of drug-likeness (QED) is 0.828. The van der Waals surface area contributed by atoms with E-state index in [2.05, 4.69) is 4.72 Å². The van der Waals surface area contributed by atoms with Gasteiger partial charge in [-0.15, -0.1) is 0 Å². The van der Waals surface area contributed by atoms with Gasteiger partial charge in [0.15, 0.2) is 0 Å². The summed E-state index contributed by atoms with van der Waals surface area (Å²) in [5, 5.41) is 8.92. The Morgan fingerprint density at radius 1 is 1.53 bits per heavy atom. The number of aliphatic hydroxyl groups is 1. The van der Waals surface area contributed by atoms with Gasteiger partial charge in [-0.2, -0.15) is 0 Å². The molecule has 2 rings (SSSR count). The van der Waals surface area contributed by atoms with Gasteiger partial charge in [-0.3, -0.25) is 0 Å². The van der Waals surface area contributed by atoms with Crippen molar-refractivity contribution in [1.29, 1.82) is 0 Å². The number of anilines is 1. The number of nitrogens with one attached hydrogen (secondary N) is 1. The average molecular weight is 286 g/mol. The fourth-order valence-corrected chi connectivity index (χ4v) is 3.28. The summed E-state index contributed by atoms with van der Waals surface area (Å²) in [5.41, 5.74) is 0.803. The number of benzene rings is 1. The second kappa shape index (κ2) is 5.36. The number of sulfonamides is 1. The fraction of sp³-hybridized carbons (Fsp3) is 0.500. The van der Waals surface area contributed by atoms with Crippen molar-refractivity contribution < 1.29 is 18.3 Å². The molecule has 1 aliphatic rings. The summed E-state index contributed by atoms with van der Waals surface area (Å²) in [6, 6.07) is 4.64. The highest BCUT2D eigenvalue weighted by molar-refractivity contribution is 7.89. The Bertz CT molecular complexity index is 559. The molecule has 0 aliphatic carbocycles. The molecule has 0 radical (unpaired) electrons. The standard InChI is InChI=1S/C12H18N2O4S/c1-9-8-18-11-7-10(14(2)5-6-15)3-4-12(11)19(16,17)13-9/h3-4,7,9,13,15H,5-6,8H2,1-2H3/t9-/m0/s1. The van der Waals surface area contributed by atoms with Crippen LogP contribution >= 0.6 is 0 Å². The maximum Gasteiger partial charge on any atom is 0.244 e. The first-order valence-corrected chi connectivity index (χ1v) is 7.53. The van der Waals surface area contributed by atoms with E-state index in [0.29, 0.717) is 18.9 Å². The molecule has 0 saturated heterocycles. The van der Waals surface area contributed by atoms with E-state index in [1.165, 1.54) is 6.07 Å². The van der Waals surface area contributed by atoms with Crippen LogP contribution in [0.15, 0.2) is 23.1 Å². The van der Waals surface area contributed by atoms with E-state index in [1.807, 2.05) is 11.9 Å². The number of nitrogens with zero attached hydrogens (tertiary/aromatic N) is 1. The van der Waals surface area contributed by atoms with Gasteiger partial charge in [-0.1, -0.05) is 0 Å². The summed E-state index contributed by atoms with van der Waals surface area (Å²) >= 11 is 0. The van der Waals surface area contributed by atoms with Crippen molar-refractivity contribution in [3.63, 3.8) is 0 Å². The summed E-state index contributed by atoms with van der Waals surface area (Å²) in [6.45, 7) is 2.55. The van der Waals surface area contributed by atoms with Crippen molar-refractivity contribution in [3.05, 3.63) is 18.2 Å². The van der Waals surface area contributed by atoms with Gasteiger partial charge in [-0.05, 0) is 19.1 Å². The van der Waals surface area contributed by atoms with Crippen molar-refractivity contribution in [3.8, 4) is 5.75 Å². The zero-order valence-corrected chi connectivity index (χ0v) is 11.8. The van der Waals surface area contributed by atoms with E-state index >= 15 is 0 Å². The Morgan fingerprint density at radius 3 is 2.95 bits per heavy atom. The summed E-state index contributed by atoms with van der Waals surface area (Å²) in [4.78, 5) is 1.98. The molecule has 0 spiro atoms. The number of aliphatic hydroxyl groups excluding tert-OH is 1. The fourth-order valence-electron chi connectivity index (χ4n) is 1.93. The molecule has 106 valence electrons. The van der Waals surface area contributed by atoms with E-state index < -0.39 is 10.0 Å². The average Bonchev–Trinajstić information content (AvgIpc) is 2.46. The number of hydrogen-bond acceptors (Lipinski definition) is 5. The van der Waals surface area contributed by atoms with Crippen molar-refractivity contribution in [2.75, 3.05) is 31.7 Å². The highest BCUT2D eigenvalue weighted by Gasteiger charge is 2.26. The van der Waals surface area contributed by atoms with Crippen LogP contribution in [0.25, 0.3) is 0 Å². The Kier molecular flexibility index (Phi) is 3.98. The maximum atomic E-state index is 12.1. The van der Waals surface area contributed by atoms with E-state index in [9.17, 15) is 8.42 Å². The van der Waals surface area contributed by atoms with Crippen molar-refractivity contribution in [1.82, 2.24) is 4.72 Å². The number of ether oxygens (including phenoxy) is 1. The Labute approximate surface area is 113 Å². The number of rotatable bonds is 3. The lowest BCUT2D eigenvalue weighted by molar-refractivity contribution is 0.288. The van der Waals surface area contributed by atoms with Gasteiger partial charge in [0.1, 0.15) is 17.3 Å². The molecule has 7 heteroatoms. The zero-order valence-electron chi connectivity index (χ0n) is 11.0. The van der Waals surface area contributed by atoms with Crippen LogP contribution in [0.2, 0.25) is 0 Å². The van der Waals surface area contributed by atoms with Gasteiger partial charge in [0.25, 0.3) is 0 Å². The third kappa shape index (κ3) is 2.99. The first-order chi connectivity index (χ1) is 8.94. The van der Waals surface area contributed by atoms with Crippen LogP contribution in [0, 0.1) is 0 Å². The van der Waals surface area contributed by atoms with Gasteiger partial charge in [0.2, 0.25) is 10.0 Å². The molecule has 0 unspecified atom stereocenters. The Hall–Kier alpha value is -1.31. The van der Waals surface area contributed by atoms with Crippen LogP contribution in [0.1, 0.15) is 6.92 Å². The van der Waals surface area contributed by atoms with Crippen LogP contribution in [0.4, 0.5) is 5.69 Å². The van der Waals surface area contributed by atoms with Gasteiger partial charge >= 0.3 is 0 Å². The minimum absolute atomic E-state index is 0.0331. The third-order valence-electron chi connectivity index (χ3n) is 2.94.